The number of fused-ring (bicyclic) bond motifs is 1. The molecule has 1 fully saturated rings. The van der Waals surface area contributed by atoms with E-state index in [2.05, 4.69) is 34.8 Å². The van der Waals surface area contributed by atoms with Crippen LogP contribution < -0.4 is 9.80 Å². The number of aryl methyl sites for hydroxylation is 1. The summed E-state index contributed by atoms with van der Waals surface area (Å²) in [5, 5.41) is 5.27. The molecule has 8 nitrogen and oxygen atoms in total. The first kappa shape index (κ1) is 12.9. The molecule has 4 rings (SSSR count). The van der Waals surface area contributed by atoms with Crippen LogP contribution >= 0.6 is 0 Å². The summed E-state index contributed by atoms with van der Waals surface area (Å²) >= 11 is 0. The first-order valence-electron chi connectivity index (χ1n) is 7.21. The van der Waals surface area contributed by atoms with E-state index in [-0.39, 0.29) is 0 Å². The van der Waals surface area contributed by atoms with Gasteiger partial charge in [0.25, 0.3) is 0 Å². The molecule has 0 atom stereocenters. The lowest BCUT2D eigenvalue weighted by Gasteiger charge is -2.35. The Balaban J connectivity index is 1.56. The zero-order valence-corrected chi connectivity index (χ0v) is 12.3. The predicted octanol–water partition coefficient (Wildman–Crippen LogP) is 0.480. The van der Waals surface area contributed by atoms with E-state index in [0.29, 0.717) is 0 Å². The number of hydrogen-bond donors (Lipinski definition) is 0. The van der Waals surface area contributed by atoms with Gasteiger partial charge in [-0.15, -0.1) is 0 Å². The Kier molecular flexibility index (Phi) is 3.06. The molecule has 0 aromatic carbocycles. The number of hydrogen-bond acceptors (Lipinski definition) is 7. The van der Waals surface area contributed by atoms with Crippen molar-refractivity contribution in [1.82, 2.24) is 29.7 Å². The monoisotopic (exact) mass is 296 g/mol. The fourth-order valence-electron chi connectivity index (χ4n) is 2.80. The molecule has 0 saturated carbocycles. The quantitative estimate of drug-likeness (QED) is 0.680. The Bertz CT molecular complexity index is 776. The van der Waals surface area contributed by atoms with Gasteiger partial charge in [-0.05, 0) is 0 Å². The Hall–Kier alpha value is -2.77. The highest BCUT2D eigenvalue weighted by molar-refractivity contribution is 5.86. The molecule has 4 heterocycles. The summed E-state index contributed by atoms with van der Waals surface area (Å²) in [5.41, 5.74) is 0.862. The van der Waals surface area contributed by atoms with E-state index in [1.54, 1.807) is 29.6 Å². The molecule has 1 aliphatic heterocycles. The van der Waals surface area contributed by atoms with Gasteiger partial charge >= 0.3 is 0 Å². The van der Waals surface area contributed by atoms with Gasteiger partial charge in [-0.2, -0.15) is 5.10 Å². The highest BCUT2D eigenvalue weighted by atomic mass is 15.3. The lowest BCUT2D eigenvalue weighted by molar-refractivity contribution is 0.642. The van der Waals surface area contributed by atoms with Gasteiger partial charge in [-0.1, -0.05) is 0 Å². The predicted molar refractivity (Wildman–Crippen MR) is 82.8 cm³/mol. The summed E-state index contributed by atoms with van der Waals surface area (Å²) in [6.07, 6.45) is 8.67. The molecule has 0 radical (unpaired) electrons. The lowest BCUT2D eigenvalue weighted by atomic mass is 10.3. The van der Waals surface area contributed by atoms with Gasteiger partial charge < -0.3 is 9.80 Å². The van der Waals surface area contributed by atoms with Gasteiger partial charge in [0, 0.05) is 45.6 Å². The summed E-state index contributed by atoms with van der Waals surface area (Å²) in [6, 6.07) is 0. The van der Waals surface area contributed by atoms with Crippen LogP contribution in [0.1, 0.15) is 0 Å². The Labute approximate surface area is 127 Å². The van der Waals surface area contributed by atoms with Crippen molar-refractivity contribution in [3.8, 4) is 0 Å². The molecule has 22 heavy (non-hydrogen) atoms. The van der Waals surface area contributed by atoms with Crippen LogP contribution in [-0.2, 0) is 7.05 Å². The molecule has 112 valence electrons. The molecule has 3 aromatic heterocycles. The van der Waals surface area contributed by atoms with Crippen LogP contribution in [-0.4, -0.2) is 55.9 Å². The van der Waals surface area contributed by atoms with E-state index in [0.717, 1.165) is 48.8 Å². The van der Waals surface area contributed by atoms with Gasteiger partial charge in [-0.3, -0.25) is 9.67 Å². The van der Waals surface area contributed by atoms with Gasteiger partial charge in [-0.25, -0.2) is 15.0 Å². The number of rotatable bonds is 2. The van der Waals surface area contributed by atoms with Crippen LogP contribution in [0.5, 0.6) is 0 Å². The molecule has 3 aromatic rings. The highest BCUT2D eigenvalue weighted by Gasteiger charge is 2.21. The minimum Gasteiger partial charge on any atom is -0.352 e. The average molecular weight is 296 g/mol. The van der Waals surface area contributed by atoms with Crippen molar-refractivity contribution in [2.24, 2.45) is 7.05 Å². The summed E-state index contributed by atoms with van der Waals surface area (Å²) < 4.78 is 1.77. The largest absolute Gasteiger partial charge is 0.352 e. The molecule has 8 heteroatoms. The van der Waals surface area contributed by atoms with E-state index in [1.165, 1.54) is 0 Å². The first-order chi connectivity index (χ1) is 10.8. The number of nitrogens with zero attached hydrogens (tertiary/aromatic N) is 8. The van der Waals surface area contributed by atoms with Crippen LogP contribution in [0.4, 0.5) is 11.6 Å². The van der Waals surface area contributed by atoms with Crippen molar-refractivity contribution in [3.05, 3.63) is 31.1 Å². The standard InChI is InChI=1S/C14H16N8/c1-20-13-11(8-19-20)14(18-10-17-13)22-6-4-21(5-7-22)12-9-15-2-3-16-12/h2-3,8-10H,4-7H2,1H3. The maximum atomic E-state index is 4.46. The van der Waals surface area contributed by atoms with Crippen molar-refractivity contribution < 1.29 is 0 Å². The molecule has 0 bridgehead atoms. The Morgan fingerprint density at radius 1 is 0.909 bits per heavy atom. The van der Waals surface area contributed by atoms with Crippen molar-refractivity contribution >= 4 is 22.7 Å². The molecule has 0 N–H and O–H groups in total. The highest BCUT2D eigenvalue weighted by Crippen LogP contribution is 2.23. The third-order valence-corrected chi connectivity index (χ3v) is 3.96. The summed E-state index contributed by atoms with van der Waals surface area (Å²) in [6.45, 7) is 3.56. The third kappa shape index (κ3) is 2.12. The molecule has 0 unspecified atom stereocenters. The second-order valence-electron chi connectivity index (χ2n) is 5.24. The van der Waals surface area contributed by atoms with Gasteiger partial charge in [0.15, 0.2) is 5.65 Å². The fourth-order valence-corrected chi connectivity index (χ4v) is 2.80. The zero-order valence-electron chi connectivity index (χ0n) is 12.3. The maximum absolute atomic E-state index is 4.46. The third-order valence-electron chi connectivity index (χ3n) is 3.96. The van der Waals surface area contributed by atoms with Crippen LogP contribution in [0.2, 0.25) is 0 Å². The van der Waals surface area contributed by atoms with Gasteiger partial charge in [0.05, 0.1) is 17.8 Å². The van der Waals surface area contributed by atoms with Gasteiger partial charge in [0.1, 0.15) is 18.0 Å². The van der Waals surface area contributed by atoms with Crippen molar-refractivity contribution in [1.29, 1.82) is 0 Å². The second-order valence-corrected chi connectivity index (χ2v) is 5.24. The lowest BCUT2D eigenvalue weighted by Crippen LogP contribution is -2.47. The number of piperazine rings is 1. The smallest absolute Gasteiger partial charge is 0.163 e. The molecule has 1 saturated heterocycles. The molecule has 0 aliphatic carbocycles. The van der Waals surface area contributed by atoms with Crippen LogP contribution in [0.3, 0.4) is 0 Å². The summed E-state index contributed by atoms with van der Waals surface area (Å²) in [4.78, 5) is 21.8. The van der Waals surface area contributed by atoms with E-state index in [4.69, 9.17) is 0 Å². The Morgan fingerprint density at radius 3 is 2.50 bits per heavy atom. The minimum absolute atomic E-state index is 0.862. The minimum atomic E-state index is 0.862. The van der Waals surface area contributed by atoms with Crippen LogP contribution in [0.15, 0.2) is 31.1 Å². The SMILES string of the molecule is Cn1ncc2c(N3CCN(c4cnccn4)CC3)ncnc21. The zero-order chi connectivity index (χ0) is 14.9. The molecular weight excluding hydrogens is 280 g/mol. The van der Waals surface area contributed by atoms with E-state index < -0.39 is 0 Å². The van der Waals surface area contributed by atoms with Gasteiger partial charge in [0.2, 0.25) is 0 Å². The fraction of sp³-hybridized carbons (Fsp3) is 0.357. The van der Waals surface area contributed by atoms with Crippen molar-refractivity contribution in [2.75, 3.05) is 36.0 Å². The van der Waals surface area contributed by atoms with Crippen LogP contribution in [0, 0.1) is 0 Å². The topological polar surface area (TPSA) is 75.9 Å². The number of aromatic nitrogens is 6. The summed E-state index contributed by atoms with van der Waals surface area (Å²) in [5.74, 6) is 1.88. The maximum Gasteiger partial charge on any atom is 0.163 e. The molecular formula is C14H16N8. The first-order valence-corrected chi connectivity index (χ1v) is 7.21. The molecule has 0 amide bonds. The van der Waals surface area contributed by atoms with Crippen molar-refractivity contribution in [2.45, 2.75) is 0 Å². The second kappa shape index (κ2) is 5.21. The normalized spacial score (nSPS) is 15.5. The molecule has 0 spiro atoms. The van der Waals surface area contributed by atoms with Crippen molar-refractivity contribution in [3.63, 3.8) is 0 Å². The van der Waals surface area contributed by atoms with E-state index in [9.17, 15) is 0 Å². The molecule has 1 aliphatic rings. The van der Waals surface area contributed by atoms with E-state index in [1.807, 2.05) is 13.2 Å². The summed E-state index contributed by atoms with van der Waals surface area (Å²) in [7, 11) is 1.89. The number of anilines is 2. The Morgan fingerprint density at radius 2 is 1.73 bits per heavy atom. The van der Waals surface area contributed by atoms with Crippen LogP contribution in [0.25, 0.3) is 11.0 Å². The van der Waals surface area contributed by atoms with E-state index >= 15 is 0 Å². The average Bonchev–Trinajstić information content (AvgIpc) is 2.97.